The van der Waals surface area contributed by atoms with Crippen LogP contribution in [0, 0.1) is 22.0 Å². The lowest BCUT2D eigenvalue weighted by Gasteiger charge is -2.31. The third-order valence-electron chi connectivity index (χ3n) is 3.87. The molecule has 86 valence electrons. The van der Waals surface area contributed by atoms with E-state index in [1.807, 2.05) is 0 Å². The van der Waals surface area contributed by atoms with Crippen LogP contribution in [-0.4, -0.2) is 29.4 Å². The van der Waals surface area contributed by atoms with Gasteiger partial charge in [0.2, 0.25) is 0 Å². The summed E-state index contributed by atoms with van der Waals surface area (Å²) in [6.07, 6.45) is 2.19. The molecule has 2 rings (SSSR count). The van der Waals surface area contributed by atoms with E-state index < -0.39 is 10.2 Å². The van der Waals surface area contributed by atoms with Gasteiger partial charge in [-0.15, -0.1) is 0 Å². The second-order valence-corrected chi connectivity index (χ2v) is 5.61. The van der Waals surface area contributed by atoms with Gasteiger partial charge >= 0.3 is 0 Å². The van der Waals surface area contributed by atoms with Crippen LogP contribution in [0.1, 0.15) is 19.3 Å². The fourth-order valence-corrected chi connectivity index (χ4v) is 4.16. The molecular formula is C9H14BrNO4. The van der Waals surface area contributed by atoms with Crippen molar-refractivity contribution in [2.45, 2.75) is 29.5 Å². The normalized spacial score (nSPS) is 42.1. The maximum atomic E-state index is 11.1. The number of hydrogen-bond donors (Lipinski definition) is 0. The van der Waals surface area contributed by atoms with E-state index in [1.54, 1.807) is 14.2 Å². The maximum Gasteiger partial charge on any atom is 0.283 e. The molecule has 0 heterocycles. The van der Waals surface area contributed by atoms with Gasteiger partial charge in [-0.05, 0) is 12.8 Å². The fourth-order valence-electron chi connectivity index (χ4n) is 3.22. The summed E-state index contributed by atoms with van der Waals surface area (Å²) in [4.78, 5) is 10.8. The van der Waals surface area contributed by atoms with Crippen LogP contribution in [0.3, 0.4) is 0 Å². The van der Waals surface area contributed by atoms with E-state index in [1.165, 1.54) is 0 Å². The monoisotopic (exact) mass is 279 g/mol. The molecule has 0 spiro atoms. The first kappa shape index (κ1) is 11.3. The second-order valence-electron chi connectivity index (χ2n) is 4.24. The average Bonchev–Trinajstić information content (AvgIpc) is 2.68. The Kier molecular flexibility index (Phi) is 2.56. The van der Waals surface area contributed by atoms with Crippen molar-refractivity contribution in [2.75, 3.05) is 14.2 Å². The largest absolute Gasteiger partial charge is 0.352 e. The summed E-state index contributed by atoms with van der Waals surface area (Å²) < 4.78 is 9.78. The highest BCUT2D eigenvalue weighted by Crippen LogP contribution is 2.62. The summed E-state index contributed by atoms with van der Waals surface area (Å²) in [5.74, 6) is -0.862. The van der Waals surface area contributed by atoms with Crippen molar-refractivity contribution >= 4 is 15.9 Å². The molecule has 2 saturated carbocycles. The van der Waals surface area contributed by atoms with Crippen LogP contribution < -0.4 is 0 Å². The van der Waals surface area contributed by atoms with Crippen LogP contribution in [0.2, 0.25) is 0 Å². The van der Waals surface area contributed by atoms with Crippen LogP contribution in [0.4, 0.5) is 0 Å². The van der Waals surface area contributed by atoms with Crippen molar-refractivity contribution in [1.29, 1.82) is 0 Å². The topological polar surface area (TPSA) is 61.6 Å². The van der Waals surface area contributed by atoms with Crippen molar-refractivity contribution in [1.82, 2.24) is 0 Å². The number of fused-ring (bicyclic) bond motifs is 2. The Balaban J connectivity index is 2.38. The highest BCUT2D eigenvalue weighted by Gasteiger charge is 2.72. The molecule has 0 radical (unpaired) electrons. The van der Waals surface area contributed by atoms with E-state index in [0.29, 0.717) is 6.42 Å². The Morgan fingerprint density at radius 2 is 2.00 bits per heavy atom. The number of ether oxygens (including phenoxy) is 2. The third kappa shape index (κ3) is 1.21. The van der Waals surface area contributed by atoms with E-state index in [-0.39, 0.29) is 16.8 Å². The molecule has 2 aliphatic rings. The van der Waals surface area contributed by atoms with Crippen molar-refractivity contribution in [3.63, 3.8) is 0 Å². The molecule has 2 aliphatic carbocycles. The standard InChI is InChI=1S/C9H14BrNO4/c1-14-9(15-2)6-3-4-7(9)8(10,5-6)11(12)13/h6-7H,3-5H2,1-2H3/t6-,7+,8?/m1/s1. The summed E-state index contributed by atoms with van der Waals surface area (Å²) >= 11 is 3.27. The summed E-state index contributed by atoms with van der Waals surface area (Å²) in [6.45, 7) is 0. The lowest BCUT2D eigenvalue weighted by Crippen LogP contribution is -2.45. The Morgan fingerprint density at radius 1 is 1.40 bits per heavy atom. The maximum absolute atomic E-state index is 11.1. The van der Waals surface area contributed by atoms with Crippen molar-refractivity contribution < 1.29 is 14.4 Å². The van der Waals surface area contributed by atoms with Gasteiger partial charge in [-0.1, -0.05) is 0 Å². The molecular weight excluding hydrogens is 266 g/mol. The highest BCUT2D eigenvalue weighted by molar-refractivity contribution is 9.10. The first-order valence-electron chi connectivity index (χ1n) is 4.95. The molecule has 1 unspecified atom stereocenters. The lowest BCUT2D eigenvalue weighted by molar-refractivity contribution is -0.547. The average molecular weight is 280 g/mol. The van der Waals surface area contributed by atoms with Crippen LogP contribution >= 0.6 is 15.9 Å². The Bertz CT molecular complexity index is 294. The van der Waals surface area contributed by atoms with Gasteiger partial charge in [0.05, 0.1) is 5.92 Å². The third-order valence-corrected chi connectivity index (χ3v) is 5.03. The van der Waals surface area contributed by atoms with Crippen LogP contribution in [0.25, 0.3) is 0 Å². The quantitative estimate of drug-likeness (QED) is 0.260. The predicted molar refractivity (Wildman–Crippen MR) is 56.2 cm³/mol. The highest BCUT2D eigenvalue weighted by atomic mass is 79.9. The van der Waals surface area contributed by atoms with Gasteiger partial charge in [0.1, 0.15) is 0 Å². The molecule has 0 aromatic carbocycles. The van der Waals surface area contributed by atoms with Gasteiger partial charge in [0, 0.05) is 47.4 Å². The number of rotatable bonds is 3. The molecule has 6 heteroatoms. The van der Waals surface area contributed by atoms with Gasteiger partial charge in [-0.3, -0.25) is 10.1 Å². The zero-order valence-corrected chi connectivity index (χ0v) is 10.3. The Morgan fingerprint density at radius 3 is 2.33 bits per heavy atom. The van der Waals surface area contributed by atoms with Crippen LogP contribution in [0.5, 0.6) is 0 Å². The van der Waals surface area contributed by atoms with Gasteiger partial charge in [0.25, 0.3) is 4.45 Å². The van der Waals surface area contributed by atoms with Crippen LogP contribution in [0.15, 0.2) is 0 Å². The molecule has 2 fully saturated rings. The fraction of sp³-hybridized carbons (Fsp3) is 1.00. The van der Waals surface area contributed by atoms with E-state index >= 15 is 0 Å². The molecule has 0 aromatic heterocycles. The first-order valence-corrected chi connectivity index (χ1v) is 5.74. The number of nitrogens with zero attached hydrogens (tertiary/aromatic N) is 1. The number of nitro groups is 1. The summed E-state index contributed by atoms with van der Waals surface area (Å²) in [5, 5.41) is 11.1. The van der Waals surface area contributed by atoms with Gasteiger partial charge in [-0.2, -0.15) is 0 Å². The number of methoxy groups -OCH3 is 2. The summed E-state index contributed by atoms with van der Waals surface area (Å²) in [6, 6.07) is 0. The smallest absolute Gasteiger partial charge is 0.283 e. The molecule has 0 aliphatic heterocycles. The van der Waals surface area contributed by atoms with Crippen molar-refractivity contribution in [2.24, 2.45) is 11.8 Å². The molecule has 3 atom stereocenters. The SMILES string of the molecule is COC1(OC)[C@@H]2CC[C@H]1C(Br)([N+](=O)[O-])C2. The Hall–Kier alpha value is -0.200. The number of halogens is 1. The van der Waals surface area contributed by atoms with E-state index in [2.05, 4.69) is 15.9 Å². The predicted octanol–water partition coefficient (Wildman–Crippen LogP) is 1.77. The zero-order chi connectivity index (χ0) is 11.3. The second kappa shape index (κ2) is 3.40. The van der Waals surface area contributed by atoms with Gasteiger partial charge < -0.3 is 9.47 Å². The number of hydrogen-bond acceptors (Lipinski definition) is 4. The zero-order valence-electron chi connectivity index (χ0n) is 8.73. The lowest BCUT2D eigenvalue weighted by atomic mass is 9.96. The molecule has 0 saturated heterocycles. The van der Waals surface area contributed by atoms with Gasteiger partial charge in [-0.25, -0.2) is 0 Å². The summed E-state index contributed by atoms with van der Waals surface area (Å²) in [5.41, 5.74) is 0. The van der Waals surface area contributed by atoms with Gasteiger partial charge in [0.15, 0.2) is 5.79 Å². The summed E-state index contributed by atoms with van der Waals surface area (Å²) in [7, 11) is 3.13. The molecule has 2 bridgehead atoms. The molecule has 5 nitrogen and oxygen atoms in total. The van der Waals surface area contributed by atoms with E-state index in [0.717, 1.165) is 12.8 Å². The van der Waals surface area contributed by atoms with Crippen LogP contribution in [-0.2, 0) is 9.47 Å². The molecule has 15 heavy (non-hydrogen) atoms. The van der Waals surface area contributed by atoms with Crippen molar-refractivity contribution in [3.05, 3.63) is 10.1 Å². The minimum absolute atomic E-state index is 0.113. The van der Waals surface area contributed by atoms with Crippen molar-refractivity contribution in [3.8, 4) is 0 Å². The minimum Gasteiger partial charge on any atom is -0.352 e. The number of alkyl halides is 1. The molecule has 0 aromatic rings. The Labute approximate surface area is 96.4 Å². The molecule has 0 amide bonds. The van der Waals surface area contributed by atoms with E-state index in [9.17, 15) is 10.1 Å². The first-order chi connectivity index (χ1) is 7.01. The molecule has 0 N–H and O–H groups in total. The van der Waals surface area contributed by atoms with E-state index in [4.69, 9.17) is 9.47 Å². The minimum atomic E-state index is -1.07.